The van der Waals surface area contributed by atoms with E-state index >= 15 is 0 Å². The van der Waals surface area contributed by atoms with Gasteiger partial charge in [0.05, 0.1) is 13.2 Å². The number of ether oxygens (including phenoxy) is 2. The molecule has 2 fully saturated rings. The Hall–Kier alpha value is -1.06. The topological polar surface area (TPSA) is 30.5 Å². The molecule has 2 saturated carbocycles. The van der Waals surface area contributed by atoms with E-state index in [4.69, 9.17) is 9.47 Å². The summed E-state index contributed by atoms with van der Waals surface area (Å²) in [7, 11) is 3.56. The van der Waals surface area contributed by atoms with Gasteiger partial charge in [-0.25, -0.2) is 0 Å². The van der Waals surface area contributed by atoms with Gasteiger partial charge in [-0.3, -0.25) is 0 Å². The largest absolute Gasteiger partial charge is 0.496 e. The molecular formula is C16H23NO2. The number of para-hydroxylation sites is 1. The molecule has 0 atom stereocenters. The van der Waals surface area contributed by atoms with Gasteiger partial charge in [0.2, 0.25) is 0 Å². The molecule has 0 aliphatic heterocycles. The lowest BCUT2D eigenvalue weighted by atomic mass is 9.74. The van der Waals surface area contributed by atoms with Gasteiger partial charge in [-0.2, -0.15) is 0 Å². The number of methoxy groups -OCH3 is 2. The Kier molecular flexibility index (Phi) is 3.76. The smallest absolute Gasteiger partial charge is 0.122 e. The average Bonchev–Trinajstić information content (AvgIpc) is 2.35. The van der Waals surface area contributed by atoms with Gasteiger partial charge in [-0.15, -0.1) is 0 Å². The van der Waals surface area contributed by atoms with Gasteiger partial charge in [-0.05, 0) is 43.2 Å². The summed E-state index contributed by atoms with van der Waals surface area (Å²) in [5.41, 5.74) is 1.37. The third-order valence-electron chi connectivity index (χ3n) is 4.62. The van der Waals surface area contributed by atoms with Crippen molar-refractivity contribution in [3.05, 3.63) is 29.8 Å². The molecule has 104 valence electrons. The number of rotatable bonds is 5. The summed E-state index contributed by atoms with van der Waals surface area (Å²) in [4.78, 5) is 0. The van der Waals surface area contributed by atoms with Crippen molar-refractivity contribution < 1.29 is 9.47 Å². The zero-order valence-corrected chi connectivity index (χ0v) is 11.8. The van der Waals surface area contributed by atoms with E-state index in [0.717, 1.165) is 5.75 Å². The van der Waals surface area contributed by atoms with Gasteiger partial charge in [0, 0.05) is 19.2 Å². The second kappa shape index (κ2) is 5.51. The second-order valence-corrected chi connectivity index (χ2v) is 5.80. The first-order valence-electron chi connectivity index (χ1n) is 7.22. The highest BCUT2D eigenvalue weighted by atomic mass is 16.5. The summed E-state index contributed by atoms with van der Waals surface area (Å²) < 4.78 is 10.8. The fourth-order valence-corrected chi connectivity index (χ4v) is 3.24. The first-order valence-corrected chi connectivity index (χ1v) is 7.22. The van der Waals surface area contributed by atoms with Gasteiger partial charge in [0.25, 0.3) is 0 Å². The molecule has 0 radical (unpaired) electrons. The zero-order chi connectivity index (χ0) is 13.2. The summed E-state index contributed by atoms with van der Waals surface area (Å²) in [6.07, 6.45) is 5.30. The predicted octanol–water partition coefficient (Wildman–Crippen LogP) is 2.71. The Labute approximate surface area is 115 Å². The highest BCUT2D eigenvalue weighted by Crippen LogP contribution is 2.41. The summed E-state index contributed by atoms with van der Waals surface area (Å²) in [5, 5.41) is 3.73. The molecule has 0 aromatic heterocycles. The van der Waals surface area contributed by atoms with Crippen LogP contribution in [0.25, 0.3) is 0 Å². The SMILES string of the molecule is COc1ccccc1C1CC(NC2CC(OC)C2)C1. The van der Waals surface area contributed by atoms with Crippen LogP contribution in [0, 0.1) is 0 Å². The van der Waals surface area contributed by atoms with Crippen LogP contribution in [0.1, 0.15) is 37.2 Å². The van der Waals surface area contributed by atoms with E-state index in [1.54, 1.807) is 7.11 Å². The van der Waals surface area contributed by atoms with Gasteiger partial charge in [0.1, 0.15) is 5.75 Å². The van der Waals surface area contributed by atoms with Crippen molar-refractivity contribution in [2.45, 2.75) is 49.8 Å². The third kappa shape index (κ3) is 2.63. The lowest BCUT2D eigenvalue weighted by Crippen LogP contribution is -2.52. The highest BCUT2D eigenvalue weighted by molar-refractivity contribution is 5.37. The van der Waals surface area contributed by atoms with Crippen molar-refractivity contribution in [3.8, 4) is 5.75 Å². The molecule has 3 rings (SSSR count). The van der Waals surface area contributed by atoms with Crippen LogP contribution < -0.4 is 10.1 Å². The number of hydrogen-bond acceptors (Lipinski definition) is 3. The lowest BCUT2D eigenvalue weighted by molar-refractivity contribution is 0.00996. The zero-order valence-electron chi connectivity index (χ0n) is 11.8. The first kappa shape index (κ1) is 12.9. The summed E-state index contributed by atoms with van der Waals surface area (Å²) in [5.74, 6) is 1.70. The minimum Gasteiger partial charge on any atom is -0.496 e. The molecule has 0 unspecified atom stereocenters. The van der Waals surface area contributed by atoms with Gasteiger partial charge in [0.15, 0.2) is 0 Å². The van der Waals surface area contributed by atoms with E-state index in [1.165, 1.54) is 31.2 Å². The predicted molar refractivity (Wildman–Crippen MR) is 75.7 cm³/mol. The Morgan fingerprint density at radius 2 is 1.68 bits per heavy atom. The van der Waals surface area contributed by atoms with Crippen LogP contribution in [0.3, 0.4) is 0 Å². The fraction of sp³-hybridized carbons (Fsp3) is 0.625. The maximum atomic E-state index is 5.44. The first-order chi connectivity index (χ1) is 9.30. The summed E-state index contributed by atoms with van der Waals surface area (Å²) in [6.45, 7) is 0. The molecule has 0 spiro atoms. The molecule has 0 saturated heterocycles. The average molecular weight is 261 g/mol. The quantitative estimate of drug-likeness (QED) is 0.884. The summed E-state index contributed by atoms with van der Waals surface area (Å²) >= 11 is 0. The van der Waals surface area contributed by atoms with E-state index in [0.29, 0.717) is 24.1 Å². The maximum Gasteiger partial charge on any atom is 0.122 e. The summed E-state index contributed by atoms with van der Waals surface area (Å²) in [6, 6.07) is 9.75. The van der Waals surface area contributed by atoms with Crippen molar-refractivity contribution in [2.75, 3.05) is 14.2 Å². The molecular weight excluding hydrogens is 238 g/mol. The molecule has 19 heavy (non-hydrogen) atoms. The van der Waals surface area contributed by atoms with Gasteiger partial charge < -0.3 is 14.8 Å². The molecule has 0 bridgehead atoms. The lowest BCUT2D eigenvalue weighted by Gasteiger charge is -2.43. The van der Waals surface area contributed by atoms with Crippen molar-refractivity contribution in [1.29, 1.82) is 0 Å². The van der Waals surface area contributed by atoms with Crippen LogP contribution in [0.2, 0.25) is 0 Å². The maximum absolute atomic E-state index is 5.44. The van der Waals surface area contributed by atoms with Crippen molar-refractivity contribution in [2.24, 2.45) is 0 Å². The Morgan fingerprint density at radius 3 is 2.37 bits per heavy atom. The van der Waals surface area contributed by atoms with Gasteiger partial charge in [-0.1, -0.05) is 18.2 Å². The van der Waals surface area contributed by atoms with Crippen molar-refractivity contribution >= 4 is 0 Å². The van der Waals surface area contributed by atoms with E-state index in [2.05, 4.69) is 23.5 Å². The van der Waals surface area contributed by atoms with Crippen molar-refractivity contribution in [3.63, 3.8) is 0 Å². The molecule has 0 heterocycles. The number of nitrogens with one attached hydrogen (secondary N) is 1. The van der Waals surface area contributed by atoms with Crippen LogP contribution in [0.15, 0.2) is 24.3 Å². The van der Waals surface area contributed by atoms with Crippen molar-refractivity contribution in [1.82, 2.24) is 5.32 Å². The molecule has 1 N–H and O–H groups in total. The van der Waals surface area contributed by atoms with E-state index in [9.17, 15) is 0 Å². The van der Waals surface area contributed by atoms with Crippen LogP contribution in [0.5, 0.6) is 5.75 Å². The van der Waals surface area contributed by atoms with Crippen LogP contribution in [-0.2, 0) is 4.74 Å². The Balaban J connectivity index is 1.47. The van der Waals surface area contributed by atoms with Crippen LogP contribution in [-0.4, -0.2) is 32.4 Å². The van der Waals surface area contributed by atoms with E-state index < -0.39 is 0 Å². The minimum absolute atomic E-state index is 0.489. The molecule has 2 aliphatic rings. The van der Waals surface area contributed by atoms with Crippen LogP contribution in [0.4, 0.5) is 0 Å². The minimum atomic E-state index is 0.489. The normalized spacial score (nSPS) is 33.4. The van der Waals surface area contributed by atoms with Gasteiger partial charge >= 0.3 is 0 Å². The molecule has 0 amide bonds. The number of benzene rings is 1. The van der Waals surface area contributed by atoms with E-state index in [-0.39, 0.29) is 0 Å². The molecule has 3 heteroatoms. The monoisotopic (exact) mass is 261 g/mol. The standard InChI is InChI=1S/C16H23NO2/c1-18-14-9-13(10-14)17-12-7-11(8-12)15-5-3-4-6-16(15)19-2/h3-6,11-14,17H,7-10H2,1-2H3. The molecule has 1 aromatic carbocycles. The molecule has 3 nitrogen and oxygen atoms in total. The highest BCUT2D eigenvalue weighted by Gasteiger charge is 2.36. The van der Waals surface area contributed by atoms with Crippen LogP contribution >= 0.6 is 0 Å². The third-order valence-corrected chi connectivity index (χ3v) is 4.62. The number of hydrogen-bond donors (Lipinski definition) is 1. The Morgan fingerprint density at radius 1 is 1.00 bits per heavy atom. The second-order valence-electron chi connectivity index (χ2n) is 5.80. The molecule has 1 aromatic rings. The van der Waals surface area contributed by atoms with E-state index in [1.807, 2.05) is 13.2 Å². The fourth-order valence-electron chi connectivity index (χ4n) is 3.24. The Bertz CT molecular complexity index is 423. The molecule has 2 aliphatic carbocycles.